The topological polar surface area (TPSA) is 12.9 Å². The van der Waals surface area contributed by atoms with Crippen molar-refractivity contribution >= 4 is 0 Å². The van der Waals surface area contributed by atoms with Crippen molar-refractivity contribution in [1.82, 2.24) is 4.98 Å². The summed E-state index contributed by atoms with van der Waals surface area (Å²) in [5, 5.41) is 0. The Labute approximate surface area is 126 Å². The second kappa shape index (κ2) is 5.53. The molecule has 0 saturated heterocycles. The number of nitrogens with zero attached hydrogens (tertiary/aromatic N) is 1. The predicted molar refractivity (Wildman–Crippen MR) is 87.4 cm³/mol. The van der Waals surface area contributed by atoms with Crippen molar-refractivity contribution in [3.8, 4) is 0 Å². The van der Waals surface area contributed by atoms with Gasteiger partial charge in [-0.05, 0) is 37.1 Å². The largest absolute Gasteiger partial charge is 0.257 e. The maximum Gasteiger partial charge on any atom is 0.0595 e. The molecule has 0 N–H and O–H groups in total. The summed E-state index contributed by atoms with van der Waals surface area (Å²) in [5.74, 6) is 0. The summed E-state index contributed by atoms with van der Waals surface area (Å²) in [6, 6.07) is 27.4. The third kappa shape index (κ3) is 2.47. The fourth-order valence-electron chi connectivity index (χ4n) is 2.83. The lowest BCUT2D eigenvalue weighted by molar-refractivity contribution is 0.662. The third-order valence-corrected chi connectivity index (χ3v) is 4.10. The number of rotatable bonds is 3. The molecule has 3 aromatic rings. The van der Waals surface area contributed by atoms with E-state index >= 15 is 0 Å². The summed E-state index contributed by atoms with van der Waals surface area (Å²) in [6.07, 6.45) is 0. The first kappa shape index (κ1) is 13.6. The zero-order chi connectivity index (χ0) is 14.7. The number of aryl methyl sites for hydroxylation is 1. The zero-order valence-corrected chi connectivity index (χ0v) is 12.5. The minimum atomic E-state index is -0.242. The monoisotopic (exact) mass is 273 g/mol. The van der Waals surface area contributed by atoms with Crippen molar-refractivity contribution in [3.63, 3.8) is 0 Å². The molecule has 3 rings (SSSR count). The minimum Gasteiger partial charge on any atom is -0.257 e. The van der Waals surface area contributed by atoms with Crippen LogP contribution in [0.1, 0.15) is 29.4 Å². The highest BCUT2D eigenvalue weighted by Gasteiger charge is 2.32. The molecule has 0 atom stereocenters. The molecule has 21 heavy (non-hydrogen) atoms. The van der Waals surface area contributed by atoms with Crippen LogP contribution in [0.25, 0.3) is 0 Å². The first-order valence-electron chi connectivity index (χ1n) is 7.26. The van der Waals surface area contributed by atoms with Gasteiger partial charge in [0.1, 0.15) is 0 Å². The lowest BCUT2D eigenvalue weighted by atomic mass is 9.73. The van der Waals surface area contributed by atoms with Gasteiger partial charge in [0.2, 0.25) is 0 Å². The van der Waals surface area contributed by atoms with Crippen LogP contribution in [0.4, 0.5) is 0 Å². The van der Waals surface area contributed by atoms with Gasteiger partial charge in [0.15, 0.2) is 0 Å². The summed E-state index contributed by atoms with van der Waals surface area (Å²) in [6.45, 7) is 4.29. The van der Waals surface area contributed by atoms with Crippen LogP contribution in [-0.2, 0) is 5.41 Å². The molecule has 0 radical (unpaired) electrons. The second-order valence-electron chi connectivity index (χ2n) is 5.52. The lowest BCUT2D eigenvalue weighted by Crippen LogP contribution is -2.26. The van der Waals surface area contributed by atoms with Crippen molar-refractivity contribution in [1.29, 1.82) is 0 Å². The molecule has 2 aromatic carbocycles. The molecule has 1 nitrogen and oxygen atoms in total. The zero-order valence-electron chi connectivity index (χ0n) is 12.5. The Morgan fingerprint density at radius 3 is 1.67 bits per heavy atom. The molecule has 0 aliphatic rings. The van der Waals surface area contributed by atoms with Gasteiger partial charge in [-0.1, -0.05) is 66.7 Å². The summed E-state index contributed by atoms with van der Waals surface area (Å²) in [7, 11) is 0. The van der Waals surface area contributed by atoms with E-state index in [0.717, 1.165) is 11.4 Å². The summed E-state index contributed by atoms with van der Waals surface area (Å²) in [5.41, 5.74) is 4.41. The number of aromatic nitrogens is 1. The van der Waals surface area contributed by atoms with Crippen molar-refractivity contribution in [3.05, 3.63) is 101 Å². The van der Waals surface area contributed by atoms with E-state index in [1.807, 2.05) is 13.0 Å². The average Bonchev–Trinajstić information content (AvgIpc) is 2.56. The molecular weight excluding hydrogens is 254 g/mol. The molecule has 1 heteroatoms. The van der Waals surface area contributed by atoms with Crippen LogP contribution in [0.2, 0.25) is 0 Å². The van der Waals surface area contributed by atoms with Crippen LogP contribution >= 0.6 is 0 Å². The standard InChI is InChI=1S/C20H19N/c1-16-10-9-15-19(21-16)20(2,17-11-5-3-6-12-17)18-13-7-4-8-14-18/h3-15H,1-2H3. The van der Waals surface area contributed by atoms with E-state index in [0.29, 0.717) is 0 Å². The van der Waals surface area contributed by atoms with Crippen LogP contribution in [0.5, 0.6) is 0 Å². The molecule has 0 saturated carbocycles. The van der Waals surface area contributed by atoms with Gasteiger partial charge >= 0.3 is 0 Å². The van der Waals surface area contributed by atoms with E-state index in [9.17, 15) is 0 Å². The van der Waals surface area contributed by atoms with Crippen molar-refractivity contribution in [2.24, 2.45) is 0 Å². The third-order valence-electron chi connectivity index (χ3n) is 4.10. The van der Waals surface area contributed by atoms with Gasteiger partial charge in [-0.15, -0.1) is 0 Å². The maximum atomic E-state index is 4.80. The molecular formula is C20H19N. The lowest BCUT2D eigenvalue weighted by Gasteiger charge is -2.30. The van der Waals surface area contributed by atoms with Gasteiger partial charge < -0.3 is 0 Å². The normalized spacial score (nSPS) is 11.3. The molecule has 0 unspecified atom stereocenters. The second-order valence-corrected chi connectivity index (χ2v) is 5.52. The highest BCUT2D eigenvalue weighted by Crippen LogP contribution is 2.37. The van der Waals surface area contributed by atoms with Crippen LogP contribution in [0.3, 0.4) is 0 Å². The fraction of sp³-hybridized carbons (Fsp3) is 0.150. The Balaban J connectivity index is 2.25. The molecule has 1 aromatic heterocycles. The summed E-state index contributed by atoms with van der Waals surface area (Å²) >= 11 is 0. The van der Waals surface area contributed by atoms with Gasteiger partial charge in [0.25, 0.3) is 0 Å². The molecule has 0 spiro atoms. The quantitative estimate of drug-likeness (QED) is 0.671. The van der Waals surface area contributed by atoms with Gasteiger partial charge in [-0.25, -0.2) is 0 Å². The first-order valence-corrected chi connectivity index (χ1v) is 7.26. The Morgan fingerprint density at radius 1 is 0.667 bits per heavy atom. The van der Waals surface area contributed by atoms with Crippen LogP contribution in [-0.4, -0.2) is 4.98 Å². The van der Waals surface area contributed by atoms with Crippen LogP contribution < -0.4 is 0 Å². The number of pyridine rings is 1. The minimum absolute atomic E-state index is 0.242. The predicted octanol–water partition coefficient (Wildman–Crippen LogP) is 4.74. The van der Waals surface area contributed by atoms with E-state index in [1.54, 1.807) is 0 Å². The Kier molecular flexibility index (Phi) is 3.57. The first-order chi connectivity index (χ1) is 10.2. The Morgan fingerprint density at radius 2 is 1.19 bits per heavy atom. The van der Waals surface area contributed by atoms with Crippen LogP contribution in [0, 0.1) is 6.92 Å². The number of benzene rings is 2. The van der Waals surface area contributed by atoms with Crippen molar-refractivity contribution < 1.29 is 0 Å². The average molecular weight is 273 g/mol. The highest BCUT2D eigenvalue weighted by molar-refractivity contribution is 5.47. The van der Waals surface area contributed by atoms with Crippen LogP contribution in [0.15, 0.2) is 78.9 Å². The van der Waals surface area contributed by atoms with Gasteiger partial charge in [-0.2, -0.15) is 0 Å². The molecule has 104 valence electrons. The van der Waals surface area contributed by atoms with Gasteiger partial charge in [0, 0.05) is 5.69 Å². The van der Waals surface area contributed by atoms with Gasteiger partial charge in [0.05, 0.1) is 11.1 Å². The number of hydrogen-bond acceptors (Lipinski definition) is 1. The molecule has 0 amide bonds. The van der Waals surface area contributed by atoms with E-state index < -0.39 is 0 Å². The summed E-state index contributed by atoms with van der Waals surface area (Å²) in [4.78, 5) is 4.80. The van der Waals surface area contributed by atoms with Gasteiger partial charge in [-0.3, -0.25) is 4.98 Å². The molecule has 1 heterocycles. The molecule has 0 aliphatic carbocycles. The van der Waals surface area contributed by atoms with E-state index in [4.69, 9.17) is 4.98 Å². The summed E-state index contributed by atoms with van der Waals surface area (Å²) < 4.78 is 0. The smallest absolute Gasteiger partial charge is 0.0595 e. The maximum absolute atomic E-state index is 4.80. The van der Waals surface area contributed by atoms with E-state index in [-0.39, 0.29) is 5.41 Å². The molecule has 0 bridgehead atoms. The highest BCUT2D eigenvalue weighted by atomic mass is 14.7. The molecule has 0 aliphatic heterocycles. The Hall–Kier alpha value is -2.41. The van der Waals surface area contributed by atoms with E-state index in [2.05, 4.69) is 79.7 Å². The van der Waals surface area contributed by atoms with E-state index in [1.165, 1.54) is 11.1 Å². The molecule has 0 fully saturated rings. The van der Waals surface area contributed by atoms with Crippen molar-refractivity contribution in [2.45, 2.75) is 19.3 Å². The van der Waals surface area contributed by atoms with Crippen molar-refractivity contribution in [2.75, 3.05) is 0 Å². The fourth-order valence-corrected chi connectivity index (χ4v) is 2.83. The number of hydrogen-bond donors (Lipinski definition) is 0. The SMILES string of the molecule is Cc1cccc(C(C)(c2ccccc2)c2ccccc2)n1. The Bertz CT molecular complexity index is 678.